The van der Waals surface area contributed by atoms with Gasteiger partial charge in [-0.2, -0.15) is 0 Å². The molecule has 0 aliphatic heterocycles. The second-order valence-electron chi connectivity index (χ2n) is 8.57. The molecular weight excluding hydrogens is 322 g/mol. The monoisotopic (exact) mass is 357 g/mol. The van der Waals surface area contributed by atoms with E-state index < -0.39 is 41.3 Å². The van der Waals surface area contributed by atoms with E-state index in [1.54, 1.807) is 0 Å². The van der Waals surface area contributed by atoms with Gasteiger partial charge in [0, 0.05) is 0 Å². The van der Waals surface area contributed by atoms with Gasteiger partial charge in [-0.25, -0.2) is 4.79 Å². The molecule has 146 valence electrons. The molecule has 0 aliphatic rings. The van der Waals surface area contributed by atoms with Gasteiger partial charge in [-0.1, -0.05) is 48.5 Å². The van der Waals surface area contributed by atoms with E-state index in [1.165, 1.54) is 0 Å². The average Bonchev–Trinajstić information content (AvgIpc) is 2.40. The van der Waals surface area contributed by atoms with Gasteiger partial charge in [0.15, 0.2) is 0 Å². The summed E-state index contributed by atoms with van der Waals surface area (Å²) in [5.74, 6) is -1.63. The summed E-state index contributed by atoms with van der Waals surface area (Å²) in [7, 11) is 0. The van der Waals surface area contributed by atoms with E-state index in [4.69, 9.17) is 5.73 Å². The van der Waals surface area contributed by atoms with Gasteiger partial charge in [0.25, 0.3) is 0 Å². The molecule has 0 spiro atoms. The predicted molar refractivity (Wildman–Crippen MR) is 97.8 cm³/mol. The number of carboxylic acid groups (broad SMARTS) is 1. The highest BCUT2D eigenvalue weighted by molar-refractivity contribution is 5.92. The van der Waals surface area contributed by atoms with Crippen LogP contribution in [0.2, 0.25) is 0 Å². The Hall–Kier alpha value is -1.63. The molecule has 0 aliphatic carbocycles. The summed E-state index contributed by atoms with van der Waals surface area (Å²) in [5, 5.41) is 14.5. The Morgan fingerprint density at radius 3 is 1.76 bits per heavy atom. The Morgan fingerprint density at radius 1 is 0.920 bits per heavy atom. The molecule has 0 heterocycles. The molecule has 2 amide bonds. The molecule has 0 bridgehead atoms. The van der Waals surface area contributed by atoms with Crippen LogP contribution < -0.4 is 16.4 Å². The fourth-order valence-electron chi connectivity index (χ4n) is 2.49. The Morgan fingerprint density at radius 2 is 1.40 bits per heavy atom. The number of nitrogens with one attached hydrogen (secondary N) is 2. The number of rotatable bonds is 9. The van der Waals surface area contributed by atoms with Gasteiger partial charge in [-0.05, 0) is 30.1 Å². The van der Waals surface area contributed by atoms with Crippen molar-refractivity contribution in [2.24, 2.45) is 23.0 Å². The molecule has 0 aromatic carbocycles. The summed E-state index contributed by atoms with van der Waals surface area (Å²) in [6.07, 6.45) is 0.828. The van der Waals surface area contributed by atoms with Crippen molar-refractivity contribution in [2.45, 2.75) is 79.4 Å². The zero-order chi connectivity index (χ0) is 19.9. The standard InChI is InChI=1S/C18H35N3O4/c1-10(2)8-12(19)15(22)21-14(18(5,6)7)16(23)20-13(17(24)25)9-11(3)4/h10-14H,8-9,19H2,1-7H3,(H,20,23)(H,21,22)(H,24,25)/t12-,13-,14+/m0/s1. The van der Waals surface area contributed by atoms with Crippen LogP contribution in [-0.2, 0) is 14.4 Å². The molecule has 0 radical (unpaired) electrons. The van der Waals surface area contributed by atoms with E-state index in [0.717, 1.165) is 0 Å². The minimum atomic E-state index is -1.09. The quantitative estimate of drug-likeness (QED) is 0.498. The van der Waals surface area contributed by atoms with Crippen molar-refractivity contribution < 1.29 is 19.5 Å². The van der Waals surface area contributed by atoms with Crippen LogP contribution in [0.1, 0.15) is 61.3 Å². The molecule has 0 fully saturated rings. The van der Waals surface area contributed by atoms with Crippen LogP contribution >= 0.6 is 0 Å². The Balaban J connectivity index is 5.17. The Bertz CT molecular complexity index is 469. The molecule has 7 heteroatoms. The molecule has 25 heavy (non-hydrogen) atoms. The lowest BCUT2D eigenvalue weighted by molar-refractivity contribution is -0.143. The Kier molecular flexibility index (Phi) is 9.11. The number of carbonyl (C=O) groups is 3. The van der Waals surface area contributed by atoms with Crippen molar-refractivity contribution in [1.29, 1.82) is 0 Å². The lowest BCUT2D eigenvalue weighted by Crippen LogP contribution is -2.59. The molecule has 0 saturated heterocycles. The molecule has 0 unspecified atom stereocenters. The summed E-state index contributed by atoms with van der Waals surface area (Å²) in [6, 6.07) is -2.56. The first-order valence-electron chi connectivity index (χ1n) is 8.84. The van der Waals surface area contributed by atoms with Gasteiger partial charge < -0.3 is 21.5 Å². The maximum Gasteiger partial charge on any atom is 0.326 e. The normalized spacial score (nSPS) is 15.6. The number of hydrogen-bond acceptors (Lipinski definition) is 4. The molecule has 0 saturated carbocycles. The summed E-state index contributed by atoms with van der Waals surface area (Å²) < 4.78 is 0. The van der Waals surface area contributed by atoms with Crippen molar-refractivity contribution in [1.82, 2.24) is 10.6 Å². The number of aliphatic carboxylic acids is 1. The number of hydrogen-bond donors (Lipinski definition) is 4. The minimum absolute atomic E-state index is 0.114. The van der Waals surface area contributed by atoms with Crippen LogP contribution in [-0.4, -0.2) is 41.0 Å². The second kappa shape index (κ2) is 9.75. The molecular formula is C18H35N3O4. The second-order valence-corrected chi connectivity index (χ2v) is 8.57. The highest BCUT2D eigenvalue weighted by Crippen LogP contribution is 2.20. The van der Waals surface area contributed by atoms with E-state index in [9.17, 15) is 19.5 Å². The van der Waals surface area contributed by atoms with Gasteiger partial charge >= 0.3 is 5.97 Å². The zero-order valence-electron chi connectivity index (χ0n) is 16.6. The zero-order valence-corrected chi connectivity index (χ0v) is 16.6. The average molecular weight is 357 g/mol. The van der Waals surface area contributed by atoms with Crippen molar-refractivity contribution in [3.63, 3.8) is 0 Å². The van der Waals surface area contributed by atoms with Crippen LogP contribution in [0.4, 0.5) is 0 Å². The first-order valence-corrected chi connectivity index (χ1v) is 8.84. The van der Waals surface area contributed by atoms with Crippen LogP contribution in [0.25, 0.3) is 0 Å². The highest BCUT2D eigenvalue weighted by atomic mass is 16.4. The van der Waals surface area contributed by atoms with Gasteiger partial charge in [0.2, 0.25) is 11.8 Å². The maximum absolute atomic E-state index is 12.6. The van der Waals surface area contributed by atoms with Gasteiger partial charge in [-0.15, -0.1) is 0 Å². The Labute approximate surface area is 151 Å². The topological polar surface area (TPSA) is 122 Å². The summed E-state index contributed by atoms with van der Waals surface area (Å²) in [4.78, 5) is 36.3. The van der Waals surface area contributed by atoms with E-state index >= 15 is 0 Å². The fourth-order valence-corrected chi connectivity index (χ4v) is 2.49. The third-order valence-corrected chi connectivity index (χ3v) is 3.80. The van der Waals surface area contributed by atoms with E-state index in [1.807, 2.05) is 48.5 Å². The van der Waals surface area contributed by atoms with Crippen LogP contribution in [0.15, 0.2) is 0 Å². The molecule has 0 rings (SSSR count). The van der Waals surface area contributed by atoms with Crippen molar-refractivity contribution in [2.75, 3.05) is 0 Å². The van der Waals surface area contributed by atoms with Crippen LogP contribution in [0.5, 0.6) is 0 Å². The minimum Gasteiger partial charge on any atom is -0.480 e. The van der Waals surface area contributed by atoms with Crippen molar-refractivity contribution in [3.8, 4) is 0 Å². The number of nitrogens with two attached hydrogens (primary N) is 1. The number of amides is 2. The largest absolute Gasteiger partial charge is 0.480 e. The van der Waals surface area contributed by atoms with Crippen LogP contribution in [0.3, 0.4) is 0 Å². The van der Waals surface area contributed by atoms with E-state index in [-0.39, 0.29) is 11.8 Å². The van der Waals surface area contributed by atoms with Crippen molar-refractivity contribution in [3.05, 3.63) is 0 Å². The molecule has 7 nitrogen and oxygen atoms in total. The first-order chi connectivity index (χ1) is 11.3. The summed E-state index contributed by atoms with van der Waals surface area (Å²) in [5.41, 5.74) is 5.30. The van der Waals surface area contributed by atoms with Crippen molar-refractivity contribution >= 4 is 17.8 Å². The maximum atomic E-state index is 12.6. The highest BCUT2D eigenvalue weighted by Gasteiger charge is 2.36. The lowest BCUT2D eigenvalue weighted by Gasteiger charge is -2.32. The number of carbonyl (C=O) groups excluding carboxylic acids is 2. The van der Waals surface area contributed by atoms with E-state index in [2.05, 4.69) is 10.6 Å². The fraction of sp³-hybridized carbons (Fsp3) is 0.833. The third-order valence-electron chi connectivity index (χ3n) is 3.80. The molecule has 0 aromatic heterocycles. The predicted octanol–water partition coefficient (Wildman–Crippen LogP) is 1.51. The number of carboxylic acids is 1. The molecule has 5 N–H and O–H groups in total. The lowest BCUT2D eigenvalue weighted by atomic mass is 9.85. The van der Waals surface area contributed by atoms with Gasteiger partial charge in [-0.3, -0.25) is 9.59 Å². The first kappa shape index (κ1) is 23.4. The SMILES string of the molecule is CC(C)C[C@H](NC(=O)[C@@H](NC(=O)[C@@H](N)CC(C)C)C(C)(C)C)C(=O)O. The summed E-state index contributed by atoms with van der Waals surface area (Å²) >= 11 is 0. The smallest absolute Gasteiger partial charge is 0.326 e. The van der Waals surface area contributed by atoms with E-state index in [0.29, 0.717) is 12.8 Å². The van der Waals surface area contributed by atoms with Gasteiger partial charge in [0.05, 0.1) is 6.04 Å². The third kappa shape index (κ3) is 8.86. The molecule has 0 aromatic rings. The van der Waals surface area contributed by atoms with Crippen LogP contribution in [0, 0.1) is 17.3 Å². The summed E-state index contributed by atoms with van der Waals surface area (Å²) in [6.45, 7) is 13.1. The molecule has 3 atom stereocenters. The van der Waals surface area contributed by atoms with Gasteiger partial charge in [0.1, 0.15) is 12.1 Å².